The number of amides is 1. The van der Waals surface area contributed by atoms with Gasteiger partial charge in [-0.05, 0) is 68.8 Å². The Kier molecular flexibility index (Phi) is 4.46. The Labute approximate surface area is 170 Å². The van der Waals surface area contributed by atoms with Gasteiger partial charge in [-0.2, -0.15) is 0 Å². The Hall–Kier alpha value is -1.88. The number of nitrogens with one attached hydrogen (secondary N) is 1. The summed E-state index contributed by atoms with van der Waals surface area (Å²) < 4.78 is 1.99. The SMILES string of the molecule is Cc1ccc(CNC(=O)c2csc(=NC34CC5CC(CC(C5)C3)C4)n2C)cc1. The number of hydrogen-bond acceptors (Lipinski definition) is 3. The van der Waals surface area contributed by atoms with Crippen molar-refractivity contribution in [3.63, 3.8) is 0 Å². The molecular weight excluding hydrogens is 366 g/mol. The van der Waals surface area contributed by atoms with Gasteiger partial charge in [-0.25, -0.2) is 0 Å². The van der Waals surface area contributed by atoms with Crippen molar-refractivity contribution in [2.45, 2.75) is 57.5 Å². The van der Waals surface area contributed by atoms with Gasteiger partial charge in [0.1, 0.15) is 5.69 Å². The molecule has 4 bridgehead atoms. The second-order valence-electron chi connectivity index (χ2n) is 9.38. The molecule has 4 nitrogen and oxygen atoms in total. The van der Waals surface area contributed by atoms with Crippen LogP contribution in [0.15, 0.2) is 34.6 Å². The van der Waals surface area contributed by atoms with Crippen LogP contribution in [0.25, 0.3) is 0 Å². The minimum Gasteiger partial charge on any atom is -0.347 e. The van der Waals surface area contributed by atoms with E-state index in [1.807, 2.05) is 17.0 Å². The maximum Gasteiger partial charge on any atom is 0.269 e. The molecule has 0 spiro atoms. The molecule has 1 aromatic carbocycles. The van der Waals surface area contributed by atoms with E-state index in [2.05, 4.69) is 36.5 Å². The molecular formula is C23H29N3OS. The molecule has 0 aliphatic heterocycles. The molecule has 0 unspecified atom stereocenters. The monoisotopic (exact) mass is 395 g/mol. The lowest BCUT2D eigenvalue weighted by Crippen LogP contribution is -2.50. The van der Waals surface area contributed by atoms with Crippen molar-refractivity contribution in [3.8, 4) is 0 Å². The van der Waals surface area contributed by atoms with Crippen LogP contribution < -0.4 is 10.1 Å². The minimum absolute atomic E-state index is 0.0220. The summed E-state index contributed by atoms with van der Waals surface area (Å²) in [7, 11) is 1.98. The van der Waals surface area contributed by atoms with Gasteiger partial charge in [0.25, 0.3) is 5.91 Å². The third-order valence-electron chi connectivity index (χ3n) is 7.07. The van der Waals surface area contributed by atoms with Gasteiger partial charge in [-0.1, -0.05) is 29.8 Å². The van der Waals surface area contributed by atoms with Crippen LogP contribution in [0.3, 0.4) is 0 Å². The molecule has 2 aromatic rings. The average Bonchev–Trinajstić information content (AvgIpc) is 3.00. The van der Waals surface area contributed by atoms with E-state index in [1.165, 1.54) is 44.1 Å². The van der Waals surface area contributed by atoms with Crippen LogP contribution in [0.1, 0.15) is 60.1 Å². The fourth-order valence-electron chi connectivity index (χ4n) is 6.06. The van der Waals surface area contributed by atoms with Gasteiger partial charge >= 0.3 is 0 Å². The zero-order chi connectivity index (χ0) is 19.3. The molecule has 0 saturated heterocycles. The van der Waals surface area contributed by atoms with E-state index < -0.39 is 0 Å². The summed E-state index contributed by atoms with van der Waals surface area (Å²) in [6.07, 6.45) is 8.05. The van der Waals surface area contributed by atoms with Crippen LogP contribution in [0.2, 0.25) is 0 Å². The van der Waals surface area contributed by atoms with Crippen molar-refractivity contribution in [1.29, 1.82) is 0 Å². The van der Waals surface area contributed by atoms with Crippen LogP contribution in [0.5, 0.6) is 0 Å². The number of aromatic nitrogens is 1. The second kappa shape index (κ2) is 6.87. The molecule has 4 aliphatic carbocycles. The largest absolute Gasteiger partial charge is 0.347 e. The van der Waals surface area contributed by atoms with E-state index >= 15 is 0 Å². The molecule has 1 N–H and O–H groups in total. The highest BCUT2D eigenvalue weighted by molar-refractivity contribution is 7.07. The Balaban J connectivity index is 1.34. The van der Waals surface area contributed by atoms with Crippen LogP contribution in [0, 0.1) is 24.7 Å². The Morgan fingerprint density at radius 2 is 1.75 bits per heavy atom. The van der Waals surface area contributed by atoms with Crippen molar-refractivity contribution >= 4 is 17.2 Å². The van der Waals surface area contributed by atoms with Gasteiger partial charge in [0, 0.05) is 19.0 Å². The lowest BCUT2D eigenvalue weighted by Gasteiger charge is -2.54. The Bertz CT molecular complexity index is 918. The Morgan fingerprint density at radius 1 is 1.14 bits per heavy atom. The molecule has 0 atom stereocenters. The van der Waals surface area contributed by atoms with E-state index in [4.69, 9.17) is 4.99 Å². The maximum absolute atomic E-state index is 12.7. The van der Waals surface area contributed by atoms with Crippen molar-refractivity contribution in [2.75, 3.05) is 0 Å². The third kappa shape index (κ3) is 3.34. The van der Waals surface area contributed by atoms with Gasteiger partial charge in [0.05, 0.1) is 5.54 Å². The standard InChI is InChI=1S/C23H29N3OS/c1-15-3-5-16(6-4-15)13-24-21(27)20-14-28-22(26(20)2)25-23-10-17-7-18(11-23)9-19(8-17)12-23/h3-6,14,17-19H,7-13H2,1-2H3,(H,24,27). The summed E-state index contributed by atoms with van der Waals surface area (Å²) >= 11 is 1.61. The molecule has 148 valence electrons. The zero-order valence-electron chi connectivity index (χ0n) is 16.8. The average molecular weight is 396 g/mol. The van der Waals surface area contributed by atoms with Crippen LogP contribution in [-0.2, 0) is 13.6 Å². The van der Waals surface area contributed by atoms with Crippen molar-refractivity contribution < 1.29 is 4.79 Å². The fourth-order valence-corrected chi connectivity index (χ4v) is 7.05. The minimum atomic E-state index is -0.0220. The summed E-state index contributed by atoms with van der Waals surface area (Å²) in [4.78, 5) is 19.0. The number of carbonyl (C=O) groups is 1. The zero-order valence-corrected chi connectivity index (χ0v) is 17.6. The normalized spacial score (nSPS) is 31.4. The molecule has 1 aromatic heterocycles. The number of hydrogen-bond donors (Lipinski definition) is 1. The van der Waals surface area contributed by atoms with Crippen LogP contribution in [0.4, 0.5) is 0 Å². The summed E-state index contributed by atoms with van der Waals surface area (Å²) in [6.45, 7) is 2.62. The number of aryl methyl sites for hydroxylation is 1. The lowest BCUT2D eigenvalue weighted by atomic mass is 9.53. The van der Waals surface area contributed by atoms with E-state index in [9.17, 15) is 4.79 Å². The second-order valence-corrected chi connectivity index (χ2v) is 10.2. The first-order chi connectivity index (χ1) is 13.5. The molecule has 1 amide bonds. The summed E-state index contributed by atoms with van der Waals surface area (Å²) in [5.74, 6) is 2.64. The predicted octanol–water partition coefficient (Wildman–Crippen LogP) is 4.19. The molecule has 4 fully saturated rings. The topological polar surface area (TPSA) is 46.4 Å². The first-order valence-corrected chi connectivity index (χ1v) is 11.4. The van der Waals surface area contributed by atoms with Gasteiger partial charge < -0.3 is 9.88 Å². The first-order valence-electron chi connectivity index (χ1n) is 10.5. The van der Waals surface area contributed by atoms with Crippen molar-refractivity contribution in [2.24, 2.45) is 29.8 Å². The molecule has 6 rings (SSSR count). The maximum atomic E-state index is 12.7. The third-order valence-corrected chi connectivity index (χ3v) is 7.99. The van der Waals surface area contributed by atoms with Crippen molar-refractivity contribution in [1.82, 2.24) is 9.88 Å². The van der Waals surface area contributed by atoms with Crippen molar-refractivity contribution in [3.05, 3.63) is 51.3 Å². The van der Waals surface area contributed by atoms with Crippen LogP contribution in [-0.4, -0.2) is 16.0 Å². The Morgan fingerprint density at radius 3 is 2.36 bits per heavy atom. The molecule has 28 heavy (non-hydrogen) atoms. The number of nitrogens with zero attached hydrogens (tertiary/aromatic N) is 2. The highest BCUT2D eigenvalue weighted by atomic mass is 32.1. The van der Waals surface area contributed by atoms with Crippen LogP contribution >= 0.6 is 11.3 Å². The van der Waals surface area contributed by atoms with Gasteiger partial charge in [0.15, 0.2) is 4.80 Å². The summed E-state index contributed by atoms with van der Waals surface area (Å²) in [6, 6.07) is 8.29. The smallest absolute Gasteiger partial charge is 0.269 e. The molecule has 1 heterocycles. The fraction of sp³-hybridized carbons (Fsp3) is 0.565. The lowest BCUT2D eigenvalue weighted by molar-refractivity contribution is -0.000371. The number of thiazole rings is 1. The quantitative estimate of drug-likeness (QED) is 0.829. The highest BCUT2D eigenvalue weighted by Crippen LogP contribution is 2.57. The summed E-state index contributed by atoms with van der Waals surface area (Å²) in [5, 5.41) is 5.02. The number of rotatable bonds is 4. The highest BCUT2D eigenvalue weighted by Gasteiger charge is 2.51. The number of benzene rings is 1. The molecule has 5 heteroatoms. The van der Waals surface area contributed by atoms with E-state index in [0.717, 1.165) is 28.1 Å². The van der Waals surface area contributed by atoms with E-state index in [0.29, 0.717) is 12.2 Å². The molecule has 4 aliphatic rings. The predicted molar refractivity (Wildman–Crippen MR) is 112 cm³/mol. The molecule has 4 saturated carbocycles. The molecule has 0 radical (unpaired) electrons. The van der Waals surface area contributed by atoms with Gasteiger partial charge in [-0.3, -0.25) is 9.79 Å². The summed E-state index contributed by atoms with van der Waals surface area (Å²) in [5.41, 5.74) is 3.21. The van der Waals surface area contributed by atoms with E-state index in [1.54, 1.807) is 11.3 Å². The first kappa shape index (κ1) is 18.2. The van der Waals surface area contributed by atoms with E-state index in [-0.39, 0.29) is 11.4 Å². The van der Waals surface area contributed by atoms with Gasteiger partial charge in [0.2, 0.25) is 0 Å². The van der Waals surface area contributed by atoms with Gasteiger partial charge in [-0.15, -0.1) is 11.3 Å². The number of carbonyl (C=O) groups excluding carboxylic acids is 1.